The highest BCUT2D eigenvalue weighted by Gasteiger charge is 2.31. The van der Waals surface area contributed by atoms with Gasteiger partial charge in [-0.1, -0.05) is 30.4 Å². The van der Waals surface area contributed by atoms with Crippen LogP contribution in [0.25, 0.3) is 0 Å². The molecule has 0 aromatic heterocycles. The van der Waals surface area contributed by atoms with E-state index in [0.29, 0.717) is 11.8 Å². The van der Waals surface area contributed by atoms with Crippen LogP contribution in [-0.2, 0) is 0 Å². The van der Waals surface area contributed by atoms with Crippen molar-refractivity contribution < 1.29 is 4.74 Å². The van der Waals surface area contributed by atoms with Crippen LogP contribution in [0.1, 0.15) is 48.6 Å². The molecular formula is C17H20O. The van der Waals surface area contributed by atoms with Gasteiger partial charge in [0.1, 0.15) is 5.75 Å². The number of allylic oxidation sites excluding steroid dienone is 2. The highest BCUT2D eigenvalue weighted by Crippen LogP contribution is 2.48. The Labute approximate surface area is 109 Å². The van der Waals surface area contributed by atoms with Crippen molar-refractivity contribution in [2.45, 2.75) is 37.5 Å². The number of benzene rings is 1. The molecule has 0 spiro atoms. The summed E-state index contributed by atoms with van der Waals surface area (Å²) in [6, 6.07) is 6.57. The fourth-order valence-electron chi connectivity index (χ4n) is 3.55. The smallest absolute Gasteiger partial charge is 0.119 e. The molecule has 0 saturated heterocycles. The predicted molar refractivity (Wildman–Crippen MR) is 75.2 cm³/mol. The zero-order chi connectivity index (χ0) is 12.7. The van der Waals surface area contributed by atoms with Crippen molar-refractivity contribution >= 4 is 0 Å². The summed E-state index contributed by atoms with van der Waals surface area (Å²) in [6.45, 7) is 8.49. The van der Waals surface area contributed by atoms with Crippen molar-refractivity contribution in [3.05, 3.63) is 53.6 Å². The summed E-state index contributed by atoms with van der Waals surface area (Å²) >= 11 is 0. The first-order valence-corrected chi connectivity index (χ1v) is 6.68. The fraction of sp³-hybridized carbons (Fsp3) is 0.412. The van der Waals surface area contributed by atoms with Gasteiger partial charge >= 0.3 is 0 Å². The van der Waals surface area contributed by atoms with Gasteiger partial charge in [0.05, 0.1) is 7.11 Å². The van der Waals surface area contributed by atoms with Crippen molar-refractivity contribution in [1.82, 2.24) is 0 Å². The molecule has 0 fully saturated rings. The molecule has 0 radical (unpaired) electrons. The zero-order valence-corrected chi connectivity index (χ0v) is 11.0. The molecule has 0 atom stereocenters. The van der Waals surface area contributed by atoms with Crippen LogP contribution in [0.2, 0.25) is 0 Å². The second kappa shape index (κ2) is 4.31. The molecule has 0 aliphatic heterocycles. The summed E-state index contributed by atoms with van der Waals surface area (Å²) in [6.07, 6.45) is 4.45. The lowest BCUT2D eigenvalue weighted by molar-refractivity contribution is 0.413. The van der Waals surface area contributed by atoms with Gasteiger partial charge in [-0.05, 0) is 60.8 Å². The van der Waals surface area contributed by atoms with Gasteiger partial charge in [-0.2, -0.15) is 0 Å². The Balaban J connectivity index is 2.14. The van der Waals surface area contributed by atoms with Crippen molar-refractivity contribution in [1.29, 1.82) is 0 Å². The van der Waals surface area contributed by atoms with Crippen molar-refractivity contribution in [2.75, 3.05) is 7.11 Å². The van der Waals surface area contributed by atoms with E-state index in [2.05, 4.69) is 31.4 Å². The van der Waals surface area contributed by atoms with Crippen molar-refractivity contribution in [3.8, 4) is 5.75 Å². The molecule has 2 aliphatic rings. The first-order valence-electron chi connectivity index (χ1n) is 6.68. The Morgan fingerprint density at radius 3 is 2.06 bits per heavy atom. The number of methoxy groups -OCH3 is 1. The van der Waals surface area contributed by atoms with E-state index in [4.69, 9.17) is 4.74 Å². The van der Waals surface area contributed by atoms with E-state index >= 15 is 0 Å². The number of hydrogen-bond donors (Lipinski definition) is 0. The number of ether oxygens (including phenoxy) is 1. The van der Waals surface area contributed by atoms with E-state index in [9.17, 15) is 0 Å². The van der Waals surface area contributed by atoms with Gasteiger partial charge < -0.3 is 4.74 Å². The summed E-state index contributed by atoms with van der Waals surface area (Å²) in [4.78, 5) is 0. The maximum Gasteiger partial charge on any atom is 0.119 e. The lowest BCUT2D eigenvalue weighted by Gasteiger charge is -2.19. The summed E-state index contributed by atoms with van der Waals surface area (Å²) in [5, 5.41) is 0. The van der Waals surface area contributed by atoms with Gasteiger partial charge in [0.15, 0.2) is 0 Å². The average Bonchev–Trinajstić information content (AvgIpc) is 2.53. The lowest BCUT2D eigenvalue weighted by Crippen LogP contribution is -2.02. The highest BCUT2D eigenvalue weighted by molar-refractivity contribution is 5.45. The standard InChI is InChI=1S/C17H20O/c1-11-6-13-7-12(2)9-14(8-11)17-10-15(18-3)4-5-16(13)17/h4-5,10,13-14H,1-2,6-9H2,3H3. The van der Waals surface area contributed by atoms with Crippen LogP contribution in [0.15, 0.2) is 42.5 Å². The summed E-state index contributed by atoms with van der Waals surface area (Å²) in [5.41, 5.74) is 5.76. The summed E-state index contributed by atoms with van der Waals surface area (Å²) in [5.74, 6) is 2.11. The molecule has 1 aromatic rings. The van der Waals surface area contributed by atoms with E-state index in [1.165, 1.54) is 22.3 Å². The molecule has 0 saturated carbocycles. The highest BCUT2D eigenvalue weighted by atomic mass is 16.5. The molecule has 0 unspecified atom stereocenters. The van der Waals surface area contributed by atoms with Gasteiger partial charge in [0.2, 0.25) is 0 Å². The minimum Gasteiger partial charge on any atom is -0.497 e. The van der Waals surface area contributed by atoms with Gasteiger partial charge in [0.25, 0.3) is 0 Å². The lowest BCUT2D eigenvalue weighted by atomic mass is 9.85. The van der Waals surface area contributed by atoms with Crippen LogP contribution in [0.4, 0.5) is 0 Å². The molecule has 1 aromatic carbocycles. The third kappa shape index (κ3) is 1.88. The maximum atomic E-state index is 5.38. The third-order valence-electron chi connectivity index (χ3n) is 4.31. The van der Waals surface area contributed by atoms with Gasteiger partial charge in [-0.15, -0.1) is 0 Å². The molecule has 0 amide bonds. The quantitative estimate of drug-likeness (QED) is 0.654. The molecule has 2 aliphatic carbocycles. The second-order valence-electron chi connectivity index (χ2n) is 5.71. The molecule has 2 bridgehead atoms. The van der Waals surface area contributed by atoms with E-state index in [1.54, 1.807) is 7.11 Å². The Morgan fingerprint density at radius 2 is 1.50 bits per heavy atom. The third-order valence-corrected chi connectivity index (χ3v) is 4.31. The Hall–Kier alpha value is -1.50. The maximum absolute atomic E-state index is 5.38. The Bertz CT molecular complexity index is 492. The molecule has 18 heavy (non-hydrogen) atoms. The minimum atomic E-state index is 0.558. The monoisotopic (exact) mass is 240 g/mol. The predicted octanol–water partition coefficient (Wildman–Crippen LogP) is 4.56. The Morgan fingerprint density at radius 1 is 0.944 bits per heavy atom. The topological polar surface area (TPSA) is 9.23 Å². The van der Waals surface area contributed by atoms with Crippen molar-refractivity contribution in [2.24, 2.45) is 0 Å². The Kier molecular flexibility index (Phi) is 2.77. The van der Waals surface area contributed by atoms with Crippen LogP contribution in [0.5, 0.6) is 5.75 Å². The van der Waals surface area contributed by atoms with Gasteiger partial charge in [0, 0.05) is 0 Å². The molecule has 3 rings (SSSR count). The fourth-order valence-corrected chi connectivity index (χ4v) is 3.55. The number of hydrogen-bond acceptors (Lipinski definition) is 1. The van der Waals surface area contributed by atoms with Crippen LogP contribution in [-0.4, -0.2) is 7.11 Å². The van der Waals surface area contributed by atoms with Gasteiger partial charge in [-0.25, -0.2) is 0 Å². The van der Waals surface area contributed by atoms with E-state index in [0.717, 1.165) is 31.4 Å². The zero-order valence-electron chi connectivity index (χ0n) is 11.0. The largest absolute Gasteiger partial charge is 0.497 e. The minimum absolute atomic E-state index is 0.558. The van der Waals surface area contributed by atoms with Crippen LogP contribution in [0, 0.1) is 0 Å². The van der Waals surface area contributed by atoms with Crippen LogP contribution < -0.4 is 4.74 Å². The molecule has 1 heteroatoms. The SMILES string of the molecule is C=C1CC2CC(=C)CC(C1)c1cc(OC)ccc12. The molecule has 0 heterocycles. The molecular weight excluding hydrogens is 220 g/mol. The average molecular weight is 240 g/mol. The van der Waals surface area contributed by atoms with Crippen molar-refractivity contribution in [3.63, 3.8) is 0 Å². The van der Waals surface area contributed by atoms with Crippen LogP contribution in [0.3, 0.4) is 0 Å². The number of rotatable bonds is 1. The molecule has 0 N–H and O–H groups in total. The molecule has 94 valence electrons. The second-order valence-corrected chi connectivity index (χ2v) is 5.71. The van der Waals surface area contributed by atoms with Gasteiger partial charge in [-0.3, -0.25) is 0 Å². The molecule has 1 nitrogen and oxygen atoms in total. The summed E-state index contributed by atoms with van der Waals surface area (Å²) in [7, 11) is 1.74. The van der Waals surface area contributed by atoms with E-state index < -0.39 is 0 Å². The summed E-state index contributed by atoms with van der Waals surface area (Å²) < 4.78 is 5.38. The first kappa shape index (κ1) is 11.6. The van der Waals surface area contributed by atoms with E-state index in [-0.39, 0.29) is 0 Å². The van der Waals surface area contributed by atoms with Crippen LogP contribution >= 0.6 is 0 Å². The normalized spacial score (nSPS) is 26.5. The first-order chi connectivity index (χ1) is 8.67. The van der Waals surface area contributed by atoms with E-state index in [1.807, 2.05) is 0 Å².